The molecule has 164 valence electrons. The van der Waals surface area contributed by atoms with Crippen LogP contribution in [0.1, 0.15) is 55.8 Å². The van der Waals surface area contributed by atoms with Gasteiger partial charge in [0.1, 0.15) is 6.10 Å². The Hall–Kier alpha value is -1.96. The van der Waals surface area contributed by atoms with E-state index in [1.807, 2.05) is 13.0 Å². The molecule has 30 heavy (non-hydrogen) atoms. The van der Waals surface area contributed by atoms with Crippen LogP contribution in [0, 0.1) is 12.8 Å². The molecule has 1 aliphatic heterocycles. The molecule has 2 N–H and O–H groups in total. The lowest BCUT2D eigenvalue weighted by molar-refractivity contribution is 0.118. The smallest absolute Gasteiger partial charge is 0.294 e. The summed E-state index contributed by atoms with van der Waals surface area (Å²) in [6.45, 7) is 6.02. The molecule has 0 bridgehead atoms. The topological polar surface area (TPSA) is 88.5 Å². The van der Waals surface area contributed by atoms with E-state index in [0.29, 0.717) is 12.0 Å². The van der Waals surface area contributed by atoms with Gasteiger partial charge in [0.2, 0.25) is 5.88 Å². The molecule has 2 aromatic rings. The van der Waals surface area contributed by atoms with E-state index in [4.69, 9.17) is 9.29 Å². The number of benzene rings is 1. The Labute approximate surface area is 179 Å². The van der Waals surface area contributed by atoms with E-state index < -0.39 is 10.1 Å². The zero-order valence-corrected chi connectivity index (χ0v) is 18.6. The van der Waals surface area contributed by atoms with Crippen molar-refractivity contribution in [3.8, 4) is 5.88 Å². The Balaban J connectivity index is 0.000000199. The molecule has 2 aliphatic rings. The Morgan fingerprint density at radius 3 is 2.47 bits per heavy atom. The molecule has 4 rings (SSSR count). The zero-order chi connectivity index (χ0) is 21.6. The van der Waals surface area contributed by atoms with Crippen LogP contribution in [-0.2, 0) is 23.1 Å². The first-order chi connectivity index (χ1) is 14.3. The van der Waals surface area contributed by atoms with E-state index >= 15 is 0 Å². The normalized spacial score (nSPS) is 18.0. The fourth-order valence-electron chi connectivity index (χ4n) is 3.98. The van der Waals surface area contributed by atoms with Crippen molar-refractivity contribution in [2.45, 2.75) is 69.9 Å². The van der Waals surface area contributed by atoms with E-state index in [0.717, 1.165) is 31.0 Å². The molecule has 1 atom stereocenters. The molecule has 1 aromatic heterocycles. The van der Waals surface area contributed by atoms with Gasteiger partial charge in [-0.1, -0.05) is 43.0 Å². The second kappa shape index (κ2) is 10.4. The first-order valence-electron chi connectivity index (χ1n) is 10.7. The number of aromatic nitrogens is 1. The van der Waals surface area contributed by atoms with Gasteiger partial charge in [0.15, 0.2) is 0 Å². The van der Waals surface area contributed by atoms with Gasteiger partial charge in [0.25, 0.3) is 10.1 Å². The predicted molar refractivity (Wildman–Crippen MR) is 117 cm³/mol. The van der Waals surface area contributed by atoms with E-state index in [-0.39, 0.29) is 4.90 Å². The van der Waals surface area contributed by atoms with Crippen molar-refractivity contribution in [2.24, 2.45) is 5.92 Å². The van der Waals surface area contributed by atoms with Gasteiger partial charge in [-0.05, 0) is 50.3 Å². The van der Waals surface area contributed by atoms with Gasteiger partial charge in [-0.2, -0.15) is 8.42 Å². The summed E-state index contributed by atoms with van der Waals surface area (Å²) in [5.74, 6) is 1.53. The number of ether oxygens (including phenoxy) is 1. The highest BCUT2D eigenvalue weighted by Crippen LogP contribution is 2.28. The molecule has 2 heterocycles. The summed E-state index contributed by atoms with van der Waals surface area (Å²) < 4.78 is 35.6. The van der Waals surface area contributed by atoms with E-state index in [1.165, 1.54) is 55.5 Å². The average molecular weight is 433 g/mol. The van der Waals surface area contributed by atoms with Crippen LogP contribution >= 0.6 is 0 Å². The van der Waals surface area contributed by atoms with Gasteiger partial charge >= 0.3 is 0 Å². The van der Waals surface area contributed by atoms with Gasteiger partial charge in [-0.3, -0.25) is 4.55 Å². The minimum atomic E-state index is -4.02. The van der Waals surface area contributed by atoms with Crippen LogP contribution in [0.5, 0.6) is 5.88 Å². The third kappa shape index (κ3) is 6.52. The van der Waals surface area contributed by atoms with Crippen molar-refractivity contribution in [2.75, 3.05) is 6.54 Å². The van der Waals surface area contributed by atoms with E-state index in [1.54, 1.807) is 12.1 Å². The van der Waals surface area contributed by atoms with Crippen molar-refractivity contribution in [1.82, 2.24) is 10.3 Å². The SMILES string of the molecule is CC(Oc1ccc2c(n1)CCNC2)C1CCCCC1.Cc1ccc(S(=O)(=O)O)cc1. The molecular formula is C23H32N2O4S. The summed E-state index contributed by atoms with van der Waals surface area (Å²) in [6, 6.07) is 10.2. The number of aryl methyl sites for hydroxylation is 1. The molecule has 0 amide bonds. The van der Waals surface area contributed by atoms with Crippen LogP contribution in [0.25, 0.3) is 0 Å². The van der Waals surface area contributed by atoms with Crippen molar-refractivity contribution in [3.63, 3.8) is 0 Å². The fraction of sp³-hybridized carbons (Fsp3) is 0.522. The quantitative estimate of drug-likeness (QED) is 0.700. The maximum Gasteiger partial charge on any atom is 0.294 e. The first-order valence-corrected chi connectivity index (χ1v) is 12.2. The molecule has 1 unspecified atom stereocenters. The zero-order valence-electron chi connectivity index (χ0n) is 17.8. The maximum atomic E-state index is 10.5. The summed E-state index contributed by atoms with van der Waals surface area (Å²) in [4.78, 5) is 4.62. The summed E-state index contributed by atoms with van der Waals surface area (Å²) in [6.07, 6.45) is 8.07. The Kier molecular flexibility index (Phi) is 7.86. The van der Waals surface area contributed by atoms with Gasteiger partial charge in [0, 0.05) is 25.6 Å². The van der Waals surface area contributed by atoms with Crippen molar-refractivity contribution >= 4 is 10.1 Å². The predicted octanol–water partition coefficient (Wildman–Crippen LogP) is 4.32. The Morgan fingerprint density at radius 1 is 1.10 bits per heavy atom. The van der Waals surface area contributed by atoms with Crippen molar-refractivity contribution < 1.29 is 17.7 Å². The largest absolute Gasteiger partial charge is 0.474 e. The van der Waals surface area contributed by atoms with Gasteiger partial charge in [-0.15, -0.1) is 0 Å². The van der Waals surface area contributed by atoms with Crippen LogP contribution in [-0.4, -0.2) is 30.6 Å². The highest BCUT2D eigenvalue weighted by molar-refractivity contribution is 7.85. The highest BCUT2D eigenvalue weighted by Gasteiger charge is 2.22. The summed E-state index contributed by atoms with van der Waals surface area (Å²) in [5, 5.41) is 3.37. The molecule has 7 heteroatoms. The molecule has 0 radical (unpaired) electrons. The van der Waals surface area contributed by atoms with E-state index in [2.05, 4.69) is 23.3 Å². The van der Waals surface area contributed by atoms with Crippen LogP contribution in [0.15, 0.2) is 41.3 Å². The minimum absolute atomic E-state index is 0.0666. The standard InChI is InChI=1S/C16H24N2O.C7H8O3S/c1-12(13-5-3-2-4-6-13)19-16-8-7-14-11-17-10-9-15(14)18-16;1-6-2-4-7(5-3-6)11(8,9)10/h7-8,12-13,17H,2-6,9-11H2,1H3;2-5H,1H3,(H,8,9,10). The number of nitrogens with one attached hydrogen (secondary N) is 1. The van der Waals surface area contributed by atoms with Crippen LogP contribution < -0.4 is 10.1 Å². The number of pyridine rings is 1. The van der Waals surface area contributed by atoms with Crippen molar-refractivity contribution in [3.05, 3.63) is 53.2 Å². The van der Waals surface area contributed by atoms with Crippen molar-refractivity contribution in [1.29, 1.82) is 0 Å². The molecule has 0 spiro atoms. The number of hydrogen-bond donors (Lipinski definition) is 2. The summed E-state index contributed by atoms with van der Waals surface area (Å²) in [5.41, 5.74) is 3.49. The van der Waals surface area contributed by atoms with Gasteiger partial charge in [0.05, 0.1) is 10.6 Å². The van der Waals surface area contributed by atoms with Crippen LogP contribution in [0.3, 0.4) is 0 Å². The first kappa shape index (κ1) is 22.7. The molecule has 6 nitrogen and oxygen atoms in total. The second-order valence-electron chi connectivity index (χ2n) is 8.19. The monoisotopic (exact) mass is 432 g/mol. The van der Waals surface area contributed by atoms with Crippen LogP contribution in [0.2, 0.25) is 0 Å². The summed E-state index contributed by atoms with van der Waals surface area (Å²) in [7, 11) is -4.02. The Bertz CT molecular complexity index is 923. The lowest BCUT2D eigenvalue weighted by atomic mass is 9.86. The maximum absolute atomic E-state index is 10.5. The molecular weight excluding hydrogens is 400 g/mol. The van der Waals surface area contributed by atoms with Gasteiger partial charge in [-0.25, -0.2) is 4.98 Å². The lowest BCUT2D eigenvalue weighted by Crippen LogP contribution is -2.27. The third-order valence-corrected chi connectivity index (χ3v) is 6.70. The van der Waals surface area contributed by atoms with Crippen LogP contribution in [0.4, 0.5) is 0 Å². The lowest BCUT2D eigenvalue weighted by Gasteiger charge is -2.28. The Morgan fingerprint density at radius 2 is 1.80 bits per heavy atom. The molecule has 1 aromatic carbocycles. The fourth-order valence-corrected chi connectivity index (χ4v) is 4.46. The number of rotatable bonds is 4. The average Bonchev–Trinajstić information content (AvgIpc) is 2.74. The highest BCUT2D eigenvalue weighted by atomic mass is 32.2. The minimum Gasteiger partial charge on any atom is -0.474 e. The summed E-state index contributed by atoms with van der Waals surface area (Å²) >= 11 is 0. The van der Waals surface area contributed by atoms with Gasteiger partial charge < -0.3 is 10.1 Å². The second-order valence-corrected chi connectivity index (χ2v) is 9.61. The van der Waals surface area contributed by atoms with E-state index in [9.17, 15) is 8.42 Å². The molecule has 1 saturated carbocycles. The molecule has 1 aliphatic carbocycles. The number of hydrogen-bond acceptors (Lipinski definition) is 5. The number of fused-ring (bicyclic) bond motifs is 1. The number of nitrogens with zero attached hydrogens (tertiary/aromatic N) is 1. The molecule has 1 fully saturated rings. The third-order valence-electron chi connectivity index (χ3n) is 5.84. The molecule has 0 saturated heterocycles.